The zero-order valence-electron chi connectivity index (χ0n) is 22.1. The van der Waals surface area contributed by atoms with Crippen molar-refractivity contribution >= 4 is 30.3 Å². The summed E-state index contributed by atoms with van der Waals surface area (Å²) in [5.41, 5.74) is -2.71. The van der Waals surface area contributed by atoms with Crippen LogP contribution in [0.3, 0.4) is 0 Å². The Morgan fingerprint density at radius 3 is 2.34 bits per heavy atom. The van der Waals surface area contributed by atoms with Crippen molar-refractivity contribution in [3.63, 3.8) is 0 Å². The van der Waals surface area contributed by atoms with Gasteiger partial charge in [0.15, 0.2) is 0 Å². The van der Waals surface area contributed by atoms with Gasteiger partial charge in [-0.1, -0.05) is 54.6 Å². The summed E-state index contributed by atoms with van der Waals surface area (Å²) in [5, 5.41) is 10.3. The molecule has 0 fully saturated rings. The fourth-order valence-corrected chi connectivity index (χ4v) is 6.57. The first-order valence-corrected chi connectivity index (χ1v) is 16.2. The third-order valence-electron chi connectivity index (χ3n) is 6.35. The molecule has 0 bridgehead atoms. The van der Waals surface area contributed by atoms with E-state index in [0.29, 0.717) is 16.2 Å². The first kappa shape index (κ1) is 30.9. The van der Waals surface area contributed by atoms with Gasteiger partial charge in [-0.3, -0.25) is 4.57 Å². The summed E-state index contributed by atoms with van der Waals surface area (Å²) in [7, 11) is -6.21. The molecule has 3 N–H and O–H groups in total. The van der Waals surface area contributed by atoms with Gasteiger partial charge in [0.1, 0.15) is 22.5 Å². The van der Waals surface area contributed by atoms with Crippen LogP contribution < -0.4 is 4.74 Å². The molecular weight excluding hydrogens is 591 g/mol. The zero-order chi connectivity index (χ0) is 29.8. The number of halogens is 2. The van der Waals surface area contributed by atoms with E-state index >= 15 is 0 Å². The predicted molar refractivity (Wildman–Crippen MR) is 156 cm³/mol. The van der Waals surface area contributed by atoms with Crippen LogP contribution in [0.2, 0.25) is 0 Å². The number of hydrogen-bond acceptors (Lipinski definition) is 5. The molecule has 7 nitrogen and oxygen atoms in total. The molecule has 0 saturated heterocycles. The third kappa shape index (κ3) is 6.89. The number of rotatable bonds is 11. The number of aromatic hydroxyl groups is 1. The van der Waals surface area contributed by atoms with Gasteiger partial charge in [0, 0.05) is 18.0 Å². The van der Waals surface area contributed by atoms with E-state index in [9.17, 15) is 22.7 Å². The lowest BCUT2D eigenvalue weighted by atomic mass is 9.99. The van der Waals surface area contributed by atoms with Crippen molar-refractivity contribution in [3.8, 4) is 22.6 Å². The Morgan fingerprint density at radius 2 is 1.66 bits per heavy atom. The maximum absolute atomic E-state index is 14.3. The zero-order valence-corrected chi connectivity index (χ0v) is 24.6. The van der Waals surface area contributed by atoms with Crippen LogP contribution in [0, 0.1) is 0 Å². The standard InChI is InChI=1S/C29H28F2NO6PS2/c1-38-27-12-5-6-13-28(27)41(37)32(18-20-14-15-25(26(33)16-20)29(30,31)39(34,35)36)19-22-8-3-4-11-24(22)21-9-7-10-23(17-21)40-2/h3-17,33H,18-19H2,1-2H3,(H2,34,35,36). The minimum absolute atomic E-state index is 0.0564. The number of nitrogens with zero attached hydrogens (tertiary/aromatic N) is 1. The Morgan fingerprint density at radius 1 is 0.951 bits per heavy atom. The van der Waals surface area contributed by atoms with Crippen LogP contribution in [0.1, 0.15) is 16.7 Å². The second-order valence-electron chi connectivity index (χ2n) is 9.02. The molecule has 12 heteroatoms. The van der Waals surface area contributed by atoms with Gasteiger partial charge in [-0.25, -0.2) is 8.51 Å². The molecular formula is C29H28F2NO6PS2. The van der Waals surface area contributed by atoms with Crippen LogP contribution in [0.5, 0.6) is 11.5 Å². The van der Waals surface area contributed by atoms with E-state index in [1.165, 1.54) is 13.2 Å². The summed E-state index contributed by atoms with van der Waals surface area (Å²) in [5.74, 6) is -0.579. The van der Waals surface area contributed by atoms with Gasteiger partial charge >= 0.3 is 13.3 Å². The number of phenols is 1. The Balaban J connectivity index is 1.75. The van der Waals surface area contributed by atoms with Crippen molar-refractivity contribution in [1.29, 1.82) is 0 Å². The molecule has 4 rings (SSSR count). The van der Waals surface area contributed by atoms with Crippen LogP contribution in [0.25, 0.3) is 11.1 Å². The lowest BCUT2D eigenvalue weighted by molar-refractivity contribution is 0.0539. The van der Waals surface area contributed by atoms with Crippen molar-refractivity contribution < 1.29 is 37.2 Å². The Kier molecular flexibility index (Phi) is 9.69. The van der Waals surface area contributed by atoms with Crippen molar-refractivity contribution in [2.75, 3.05) is 13.4 Å². The molecule has 1 unspecified atom stereocenters. The molecule has 0 heterocycles. The number of thioether (sulfide) groups is 1. The number of alkyl halides is 2. The van der Waals surface area contributed by atoms with Gasteiger partial charge in [0.05, 0.1) is 17.6 Å². The average Bonchev–Trinajstić information content (AvgIpc) is 2.96. The minimum atomic E-state index is -5.88. The molecule has 4 aromatic carbocycles. The molecule has 216 valence electrons. The van der Waals surface area contributed by atoms with E-state index < -0.39 is 35.6 Å². The van der Waals surface area contributed by atoms with Gasteiger partial charge in [-0.15, -0.1) is 11.8 Å². The number of benzene rings is 4. The fraction of sp³-hybridized carbons (Fsp3) is 0.172. The van der Waals surface area contributed by atoms with E-state index in [1.54, 1.807) is 40.3 Å². The Hall–Kier alpha value is -3.05. The van der Waals surface area contributed by atoms with Gasteiger partial charge < -0.3 is 19.6 Å². The molecule has 0 aliphatic carbocycles. The van der Waals surface area contributed by atoms with Crippen molar-refractivity contribution in [1.82, 2.24) is 4.31 Å². The van der Waals surface area contributed by atoms with Crippen LogP contribution in [0.4, 0.5) is 8.78 Å². The molecule has 4 aromatic rings. The van der Waals surface area contributed by atoms with Gasteiger partial charge in [0.2, 0.25) is 0 Å². The fourth-order valence-electron chi connectivity index (χ4n) is 4.29. The first-order valence-electron chi connectivity index (χ1n) is 12.2. The lowest BCUT2D eigenvalue weighted by Crippen LogP contribution is -2.26. The van der Waals surface area contributed by atoms with Crippen molar-refractivity contribution in [2.24, 2.45) is 0 Å². The van der Waals surface area contributed by atoms with Crippen molar-refractivity contribution in [3.05, 3.63) is 108 Å². The number of phenolic OH excluding ortho intramolecular Hbond substituents is 1. The molecule has 0 aromatic heterocycles. The minimum Gasteiger partial charge on any atom is -0.507 e. The predicted octanol–water partition coefficient (Wildman–Crippen LogP) is 6.74. The molecule has 0 aliphatic heterocycles. The summed E-state index contributed by atoms with van der Waals surface area (Å²) < 4.78 is 61.0. The molecule has 1 atom stereocenters. The summed E-state index contributed by atoms with van der Waals surface area (Å²) in [6.45, 7) is 0.116. The van der Waals surface area contributed by atoms with E-state index in [0.717, 1.165) is 33.7 Å². The molecule has 41 heavy (non-hydrogen) atoms. The molecule has 0 amide bonds. The monoisotopic (exact) mass is 619 g/mol. The van der Waals surface area contributed by atoms with E-state index in [4.69, 9.17) is 14.5 Å². The second-order valence-corrected chi connectivity index (χ2v) is 13.0. The SMILES string of the molecule is COc1ccccc1S(=O)N(Cc1ccc(C(F)(F)P(=O)(O)O)c(O)c1)Cc1ccccc1-c1cccc(SC)c1. The third-order valence-corrected chi connectivity index (χ3v) is 9.49. The smallest absolute Gasteiger partial charge is 0.399 e. The van der Waals surface area contributed by atoms with Gasteiger partial charge in [0.25, 0.3) is 0 Å². The number of para-hydroxylation sites is 1. The molecule has 0 radical (unpaired) electrons. The summed E-state index contributed by atoms with van der Waals surface area (Å²) in [6, 6.07) is 25.5. The molecule has 0 spiro atoms. The van der Waals surface area contributed by atoms with Crippen LogP contribution in [-0.4, -0.2) is 36.8 Å². The van der Waals surface area contributed by atoms with Crippen LogP contribution in [0.15, 0.2) is 101 Å². The Bertz CT molecular complexity index is 1610. The topological polar surface area (TPSA) is 107 Å². The normalized spacial score (nSPS) is 12.9. The van der Waals surface area contributed by atoms with Gasteiger partial charge in [-0.2, -0.15) is 8.78 Å². The van der Waals surface area contributed by atoms with Crippen LogP contribution in [-0.2, 0) is 34.3 Å². The summed E-state index contributed by atoms with van der Waals surface area (Å²) >= 11 is 1.61. The average molecular weight is 620 g/mol. The maximum atomic E-state index is 14.3. The highest BCUT2D eigenvalue weighted by Crippen LogP contribution is 2.60. The lowest BCUT2D eigenvalue weighted by Gasteiger charge is -2.25. The largest absolute Gasteiger partial charge is 0.507 e. The Labute approximate surface area is 243 Å². The highest BCUT2D eigenvalue weighted by Gasteiger charge is 2.52. The quantitative estimate of drug-likeness (QED) is 0.126. The van der Waals surface area contributed by atoms with E-state index in [1.807, 2.05) is 48.7 Å². The number of hydrogen-bond donors (Lipinski definition) is 3. The highest BCUT2D eigenvalue weighted by atomic mass is 32.2. The van der Waals surface area contributed by atoms with E-state index in [-0.39, 0.29) is 13.1 Å². The first-order chi connectivity index (χ1) is 19.5. The van der Waals surface area contributed by atoms with Gasteiger partial charge in [-0.05, 0) is 64.9 Å². The highest BCUT2D eigenvalue weighted by molar-refractivity contribution is 7.98. The van der Waals surface area contributed by atoms with Crippen LogP contribution >= 0.6 is 19.4 Å². The van der Waals surface area contributed by atoms with Crippen molar-refractivity contribution in [2.45, 2.75) is 28.5 Å². The molecule has 0 aliphatic rings. The second kappa shape index (κ2) is 12.9. The number of methoxy groups -OCH3 is 1. The summed E-state index contributed by atoms with van der Waals surface area (Å²) in [6.07, 6.45) is 1.99. The summed E-state index contributed by atoms with van der Waals surface area (Å²) in [4.78, 5) is 19.7. The molecule has 0 saturated carbocycles. The van der Waals surface area contributed by atoms with E-state index in [2.05, 4.69) is 6.07 Å². The number of ether oxygens (including phenoxy) is 1. The maximum Gasteiger partial charge on any atom is 0.399 e.